The Labute approximate surface area is 357 Å². The van der Waals surface area contributed by atoms with Gasteiger partial charge in [-0.3, -0.25) is 0 Å². The maximum absolute atomic E-state index is 6.81. The van der Waals surface area contributed by atoms with E-state index < -0.39 is 0 Å². The van der Waals surface area contributed by atoms with E-state index in [4.69, 9.17) is 19.4 Å². The summed E-state index contributed by atoms with van der Waals surface area (Å²) < 4.78 is 9.18. The van der Waals surface area contributed by atoms with E-state index in [2.05, 4.69) is 187 Å². The summed E-state index contributed by atoms with van der Waals surface area (Å²) in [7, 11) is 0. The Kier molecular flexibility index (Phi) is 8.42. The Morgan fingerprint density at radius 3 is 1.58 bits per heavy atom. The minimum Gasteiger partial charge on any atom is -0.455 e. The molecule has 12 rings (SSSR count). The molecule has 0 atom stereocenters. The van der Waals surface area contributed by atoms with Crippen molar-refractivity contribution in [2.75, 3.05) is 0 Å². The molecule has 0 saturated heterocycles. The van der Waals surface area contributed by atoms with Crippen molar-refractivity contribution in [3.05, 3.63) is 218 Å². The highest BCUT2D eigenvalue weighted by molar-refractivity contribution is 6.11. The molecule has 62 heavy (non-hydrogen) atoms. The van der Waals surface area contributed by atoms with E-state index in [-0.39, 0.29) is 0 Å². The lowest BCUT2D eigenvalue weighted by atomic mass is 9.97. The monoisotopic (exact) mass is 792 g/mol. The zero-order chi connectivity index (χ0) is 41.0. The van der Waals surface area contributed by atoms with Crippen LogP contribution in [0.1, 0.15) is 0 Å². The molecule has 0 aliphatic rings. The van der Waals surface area contributed by atoms with Gasteiger partial charge in [-0.1, -0.05) is 176 Å². The SMILES string of the molecule is c1ccc(-c2ccc(-c3nc(-c4ccccc4)nc(-c4ccc5c(c4)oc4c(-c6cccc(-c7ccc8c9ccccc9n(-c9ccccc9)c8c7)c6)cccc45)n3)cc2)cc1. The highest BCUT2D eigenvalue weighted by atomic mass is 16.3. The van der Waals surface area contributed by atoms with Crippen molar-refractivity contribution in [2.24, 2.45) is 0 Å². The third-order valence-corrected chi connectivity index (χ3v) is 11.9. The Hall–Kier alpha value is -8.41. The fraction of sp³-hybridized carbons (Fsp3) is 0. The molecular weight excluding hydrogens is 757 g/mol. The number of furan rings is 1. The molecule has 5 heteroatoms. The summed E-state index contributed by atoms with van der Waals surface area (Å²) in [6.45, 7) is 0. The lowest BCUT2D eigenvalue weighted by molar-refractivity contribution is 0.670. The van der Waals surface area contributed by atoms with Crippen LogP contribution in [-0.2, 0) is 0 Å². The van der Waals surface area contributed by atoms with E-state index in [0.717, 1.165) is 77.7 Å². The number of benzene rings is 9. The van der Waals surface area contributed by atoms with Crippen LogP contribution in [0.15, 0.2) is 223 Å². The number of hydrogen-bond donors (Lipinski definition) is 0. The van der Waals surface area contributed by atoms with Crippen LogP contribution in [0.2, 0.25) is 0 Å². The maximum Gasteiger partial charge on any atom is 0.164 e. The quantitative estimate of drug-likeness (QED) is 0.161. The fourth-order valence-corrected chi connectivity index (χ4v) is 8.83. The van der Waals surface area contributed by atoms with E-state index in [1.807, 2.05) is 36.4 Å². The molecular formula is C57H36N4O. The molecule has 0 fully saturated rings. The Morgan fingerprint density at radius 1 is 0.306 bits per heavy atom. The van der Waals surface area contributed by atoms with E-state index in [9.17, 15) is 0 Å². The number of fused-ring (bicyclic) bond motifs is 6. The number of aromatic nitrogens is 4. The molecule has 0 N–H and O–H groups in total. The summed E-state index contributed by atoms with van der Waals surface area (Å²) in [6.07, 6.45) is 0. The second kappa shape index (κ2) is 14.7. The molecule has 0 spiro atoms. The summed E-state index contributed by atoms with van der Waals surface area (Å²) in [4.78, 5) is 15.0. The molecule has 0 aliphatic carbocycles. The zero-order valence-corrected chi connectivity index (χ0v) is 33.5. The molecule has 5 nitrogen and oxygen atoms in total. The molecule has 12 aromatic rings. The molecule has 0 unspecified atom stereocenters. The molecule has 3 aromatic heterocycles. The first-order valence-electron chi connectivity index (χ1n) is 20.8. The molecule has 0 aliphatic heterocycles. The predicted molar refractivity (Wildman–Crippen MR) is 254 cm³/mol. The van der Waals surface area contributed by atoms with Gasteiger partial charge in [0.25, 0.3) is 0 Å². The van der Waals surface area contributed by atoms with Crippen LogP contribution in [0.5, 0.6) is 0 Å². The van der Waals surface area contributed by atoms with E-state index in [1.165, 1.54) is 21.8 Å². The standard InChI is InChI=1S/C57H36N4O/c1-4-14-37(15-5-1)38-26-28-40(29-27-38)56-58-55(39-16-6-2-7-17-39)59-57(60-56)44-31-33-49-50-24-13-23-46(54(50)62-53(49)36-44)43-19-12-18-41(34-43)42-30-32-48-47-22-10-11-25-51(47)61(52(48)35-42)45-20-8-3-9-21-45/h1-36H. The van der Waals surface area contributed by atoms with Crippen molar-refractivity contribution in [3.63, 3.8) is 0 Å². The minimum absolute atomic E-state index is 0.583. The van der Waals surface area contributed by atoms with E-state index in [1.54, 1.807) is 0 Å². The largest absolute Gasteiger partial charge is 0.455 e. The molecule has 0 radical (unpaired) electrons. The van der Waals surface area contributed by atoms with Crippen LogP contribution < -0.4 is 0 Å². The Bertz CT molecular complexity index is 3610. The number of hydrogen-bond acceptors (Lipinski definition) is 4. The van der Waals surface area contributed by atoms with Gasteiger partial charge in [-0.2, -0.15) is 0 Å². The Balaban J connectivity index is 0.936. The minimum atomic E-state index is 0.583. The van der Waals surface area contributed by atoms with Crippen molar-refractivity contribution in [2.45, 2.75) is 0 Å². The summed E-state index contributed by atoms with van der Waals surface area (Å²) in [5, 5.41) is 4.57. The van der Waals surface area contributed by atoms with Crippen molar-refractivity contribution in [1.29, 1.82) is 0 Å². The van der Waals surface area contributed by atoms with Crippen molar-refractivity contribution in [3.8, 4) is 73.2 Å². The van der Waals surface area contributed by atoms with Crippen LogP contribution in [0.3, 0.4) is 0 Å². The normalized spacial score (nSPS) is 11.5. The van der Waals surface area contributed by atoms with Gasteiger partial charge in [-0.15, -0.1) is 0 Å². The Morgan fingerprint density at radius 2 is 0.806 bits per heavy atom. The maximum atomic E-state index is 6.81. The van der Waals surface area contributed by atoms with Gasteiger partial charge in [-0.05, 0) is 70.3 Å². The zero-order valence-electron chi connectivity index (χ0n) is 33.5. The van der Waals surface area contributed by atoms with Gasteiger partial charge in [0.15, 0.2) is 17.5 Å². The van der Waals surface area contributed by atoms with Gasteiger partial charge in [-0.25, -0.2) is 15.0 Å². The van der Waals surface area contributed by atoms with Crippen molar-refractivity contribution in [1.82, 2.24) is 19.5 Å². The number of rotatable bonds is 7. The van der Waals surface area contributed by atoms with Crippen molar-refractivity contribution >= 4 is 43.7 Å². The number of nitrogens with zero attached hydrogens (tertiary/aromatic N) is 4. The summed E-state index contributed by atoms with van der Waals surface area (Å²) in [5.41, 5.74) is 14.5. The molecule has 0 amide bonds. The van der Waals surface area contributed by atoms with Gasteiger partial charge < -0.3 is 8.98 Å². The first-order valence-corrected chi connectivity index (χ1v) is 20.8. The third-order valence-electron chi connectivity index (χ3n) is 11.9. The van der Waals surface area contributed by atoms with E-state index >= 15 is 0 Å². The molecule has 3 heterocycles. The van der Waals surface area contributed by atoms with Gasteiger partial charge in [0.1, 0.15) is 11.2 Å². The smallest absolute Gasteiger partial charge is 0.164 e. The topological polar surface area (TPSA) is 56.7 Å². The number of para-hydroxylation sites is 3. The second-order valence-corrected chi connectivity index (χ2v) is 15.6. The molecule has 290 valence electrons. The lowest BCUT2D eigenvalue weighted by Gasteiger charge is -2.10. The van der Waals surface area contributed by atoms with Crippen LogP contribution in [0.25, 0.3) is 117 Å². The van der Waals surface area contributed by atoms with Gasteiger partial charge >= 0.3 is 0 Å². The highest BCUT2D eigenvalue weighted by Gasteiger charge is 2.18. The average Bonchev–Trinajstić information content (AvgIpc) is 3.90. The average molecular weight is 793 g/mol. The first kappa shape index (κ1) is 35.5. The highest BCUT2D eigenvalue weighted by Crippen LogP contribution is 2.40. The van der Waals surface area contributed by atoms with Crippen molar-refractivity contribution < 1.29 is 4.42 Å². The molecule has 9 aromatic carbocycles. The van der Waals surface area contributed by atoms with Crippen LogP contribution >= 0.6 is 0 Å². The lowest BCUT2D eigenvalue weighted by Crippen LogP contribution is -2.00. The predicted octanol–water partition coefficient (Wildman–Crippen LogP) is 14.9. The molecule has 0 bridgehead atoms. The van der Waals surface area contributed by atoms with Crippen LogP contribution in [-0.4, -0.2) is 19.5 Å². The van der Waals surface area contributed by atoms with Gasteiger partial charge in [0, 0.05) is 49.5 Å². The van der Waals surface area contributed by atoms with Crippen LogP contribution in [0.4, 0.5) is 0 Å². The summed E-state index contributed by atoms with van der Waals surface area (Å²) in [5.74, 6) is 1.81. The van der Waals surface area contributed by atoms with E-state index in [0.29, 0.717) is 17.5 Å². The van der Waals surface area contributed by atoms with Gasteiger partial charge in [0.05, 0.1) is 11.0 Å². The fourth-order valence-electron chi connectivity index (χ4n) is 8.83. The third kappa shape index (κ3) is 6.14. The second-order valence-electron chi connectivity index (χ2n) is 15.6. The first-order chi connectivity index (χ1) is 30.7. The summed E-state index contributed by atoms with van der Waals surface area (Å²) in [6, 6.07) is 76.4. The summed E-state index contributed by atoms with van der Waals surface area (Å²) >= 11 is 0. The van der Waals surface area contributed by atoms with Gasteiger partial charge in [0.2, 0.25) is 0 Å². The molecule has 0 saturated carbocycles. The van der Waals surface area contributed by atoms with Crippen LogP contribution in [0, 0.1) is 0 Å².